The van der Waals surface area contributed by atoms with E-state index in [0.717, 1.165) is 12.1 Å². The molecule has 1 unspecified atom stereocenters. The highest BCUT2D eigenvalue weighted by Crippen LogP contribution is 2.42. The van der Waals surface area contributed by atoms with Crippen molar-refractivity contribution in [2.24, 2.45) is 0 Å². The first kappa shape index (κ1) is 19.6. The minimum absolute atomic E-state index is 0.0586. The molecule has 3 N–H and O–H groups in total. The van der Waals surface area contributed by atoms with Crippen LogP contribution in [0.1, 0.15) is 38.7 Å². The number of halogens is 3. The maximum absolute atomic E-state index is 13.1. The lowest BCUT2D eigenvalue weighted by Crippen LogP contribution is -2.27. The lowest BCUT2D eigenvalue weighted by Gasteiger charge is -2.22. The number of anilines is 1. The molecule has 0 aliphatic rings. The normalized spacial score (nSPS) is 13.2. The highest BCUT2D eigenvalue weighted by molar-refractivity contribution is 5.85. The number of phenolic OH excluding ortho intramolecular Hbond substituents is 1. The van der Waals surface area contributed by atoms with Crippen LogP contribution in [0.2, 0.25) is 0 Å². The minimum atomic E-state index is -4.87. The highest BCUT2D eigenvalue weighted by atomic mass is 19.4. The van der Waals surface area contributed by atoms with Crippen LogP contribution in [0.5, 0.6) is 5.75 Å². The van der Waals surface area contributed by atoms with E-state index in [-0.39, 0.29) is 5.69 Å². The second-order valence-corrected chi connectivity index (χ2v) is 6.09. The molecule has 134 valence electrons. The fourth-order valence-electron chi connectivity index (χ4n) is 1.91. The number of hydrogen-bond donors (Lipinski definition) is 3. The standard InChI is InChI=1S/C15H18F3NO5/c1-14(2,3)24-13(23)19-8-4-5-11(20)9(6-8)10(7-12(21)22)15(16,17)18/h4-6,10,20H,7H2,1-3H3,(H,19,23)(H,21,22). The zero-order chi connectivity index (χ0) is 18.7. The van der Waals surface area contributed by atoms with Crippen LogP contribution in [-0.2, 0) is 9.53 Å². The zero-order valence-corrected chi connectivity index (χ0v) is 13.3. The van der Waals surface area contributed by atoms with Gasteiger partial charge in [0.2, 0.25) is 0 Å². The van der Waals surface area contributed by atoms with Crippen LogP contribution < -0.4 is 5.32 Å². The predicted octanol–water partition coefficient (Wildman–Crippen LogP) is 3.86. The van der Waals surface area contributed by atoms with Crippen molar-refractivity contribution >= 4 is 17.7 Å². The number of rotatable bonds is 4. The average molecular weight is 349 g/mol. The molecule has 24 heavy (non-hydrogen) atoms. The second-order valence-electron chi connectivity index (χ2n) is 6.09. The van der Waals surface area contributed by atoms with Gasteiger partial charge in [0.25, 0.3) is 0 Å². The molecule has 1 aromatic rings. The van der Waals surface area contributed by atoms with E-state index in [1.807, 2.05) is 0 Å². The molecular weight excluding hydrogens is 331 g/mol. The largest absolute Gasteiger partial charge is 0.508 e. The van der Waals surface area contributed by atoms with Gasteiger partial charge in [-0.15, -0.1) is 0 Å². The van der Waals surface area contributed by atoms with Crippen LogP contribution in [0.3, 0.4) is 0 Å². The fourth-order valence-corrected chi connectivity index (χ4v) is 1.91. The number of aromatic hydroxyl groups is 1. The molecule has 1 amide bonds. The van der Waals surface area contributed by atoms with Gasteiger partial charge in [0.1, 0.15) is 11.4 Å². The van der Waals surface area contributed by atoms with Crippen molar-refractivity contribution in [1.82, 2.24) is 0 Å². The number of carboxylic acids is 1. The summed E-state index contributed by atoms with van der Waals surface area (Å²) in [6, 6.07) is 3.00. The van der Waals surface area contributed by atoms with Gasteiger partial charge < -0.3 is 14.9 Å². The molecule has 1 aromatic carbocycles. The van der Waals surface area contributed by atoms with Gasteiger partial charge in [0.05, 0.1) is 12.3 Å². The maximum atomic E-state index is 13.1. The van der Waals surface area contributed by atoms with E-state index in [4.69, 9.17) is 9.84 Å². The topological polar surface area (TPSA) is 95.9 Å². The molecule has 6 nitrogen and oxygen atoms in total. The summed E-state index contributed by atoms with van der Waals surface area (Å²) in [5, 5.41) is 20.6. The molecule has 1 rings (SSSR count). The van der Waals surface area contributed by atoms with Crippen LogP contribution in [-0.4, -0.2) is 34.1 Å². The molecule has 0 saturated heterocycles. The van der Waals surface area contributed by atoms with Crippen LogP contribution in [0.15, 0.2) is 18.2 Å². The Morgan fingerprint density at radius 3 is 2.29 bits per heavy atom. The fraction of sp³-hybridized carbons (Fsp3) is 0.467. The third-order valence-corrected chi connectivity index (χ3v) is 2.82. The van der Waals surface area contributed by atoms with E-state index in [1.54, 1.807) is 20.8 Å². The van der Waals surface area contributed by atoms with Gasteiger partial charge in [-0.3, -0.25) is 10.1 Å². The van der Waals surface area contributed by atoms with Crippen molar-refractivity contribution in [2.75, 3.05) is 5.32 Å². The van der Waals surface area contributed by atoms with Crippen molar-refractivity contribution in [3.8, 4) is 5.75 Å². The predicted molar refractivity (Wildman–Crippen MR) is 79.0 cm³/mol. The Hall–Kier alpha value is -2.45. The molecular formula is C15H18F3NO5. The van der Waals surface area contributed by atoms with Crippen LogP contribution in [0.4, 0.5) is 23.7 Å². The third-order valence-electron chi connectivity index (χ3n) is 2.82. The molecule has 0 fully saturated rings. The average Bonchev–Trinajstić information content (AvgIpc) is 2.34. The molecule has 0 aromatic heterocycles. The van der Waals surface area contributed by atoms with Crippen molar-refractivity contribution in [3.05, 3.63) is 23.8 Å². The number of ether oxygens (including phenoxy) is 1. The summed E-state index contributed by atoms with van der Waals surface area (Å²) >= 11 is 0. The molecule has 1 atom stereocenters. The molecule has 0 saturated carbocycles. The Balaban J connectivity index is 3.12. The monoisotopic (exact) mass is 349 g/mol. The maximum Gasteiger partial charge on any atom is 0.412 e. The number of hydrogen-bond acceptors (Lipinski definition) is 4. The number of carboxylic acid groups (broad SMARTS) is 1. The molecule has 0 aliphatic carbocycles. The van der Waals surface area contributed by atoms with Crippen molar-refractivity contribution in [3.63, 3.8) is 0 Å². The van der Waals surface area contributed by atoms with Gasteiger partial charge in [0, 0.05) is 11.3 Å². The zero-order valence-electron chi connectivity index (χ0n) is 13.3. The van der Waals surface area contributed by atoms with E-state index >= 15 is 0 Å². The number of alkyl halides is 3. The summed E-state index contributed by atoms with van der Waals surface area (Å²) in [7, 11) is 0. The van der Waals surface area contributed by atoms with Crippen LogP contribution in [0, 0.1) is 0 Å². The number of carbonyl (C=O) groups is 2. The van der Waals surface area contributed by atoms with Gasteiger partial charge in [-0.2, -0.15) is 13.2 Å². The van der Waals surface area contributed by atoms with E-state index in [9.17, 15) is 27.9 Å². The van der Waals surface area contributed by atoms with Gasteiger partial charge in [0.15, 0.2) is 0 Å². The van der Waals surface area contributed by atoms with Crippen LogP contribution in [0.25, 0.3) is 0 Å². The summed E-state index contributed by atoms with van der Waals surface area (Å²) in [4.78, 5) is 22.3. The Morgan fingerprint density at radius 2 is 1.83 bits per heavy atom. The van der Waals surface area contributed by atoms with Gasteiger partial charge in [-0.25, -0.2) is 4.79 Å². The summed E-state index contributed by atoms with van der Waals surface area (Å²) in [6.45, 7) is 4.84. The van der Waals surface area contributed by atoms with Gasteiger partial charge >= 0.3 is 18.2 Å². The molecule has 0 radical (unpaired) electrons. The van der Waals surface area contributed by atoms with E-state index < -0.39 is 47.5 Å². The highest BCUT2D eigenvalue weighted by Gasteiger charge is 2.43. The summed E-state index contributed by atoms with van der Waals surface area (Å²) in [6.07, 6.45) is -7.01. The van der Waals surface area contributed by atoms with Crippen LogP contribution >= 0.6 is 0 Å². The second kappa shape index (κ2) is 6.98. The molecule has 0 aliphatic heterocycles. The summed E-state index contributed by atoms with van der Waals surface area (Å²) in [5.74, 6) is -4.79. The first-order chi connectivity index (χ1) is 10.8. The molecule has 0 heterocycles. The Bertz CT molecular complexity index is 623. The lowest BCUT2D eigenvalue weighted by atomic mass is 9.93. The van der Waals surface area contributed by atoms with Crippen molar-refractivity contribution < 1.29 is 37.7 Å². The van der Waals surface area contributed by atoms with Crippen molar-refractivity contribution in [1.29, 1.82) is 0 Å². The van der Waals surface area contributed by atoms with E-state index in [2.05, 4.69) is 5.32 Å². The van der Waals surface area contributed by atoms with Crippen molar-refractivity contribution in [2.45, 2.75) is 44.9 Å². The van der Waals surface area contributed by atoms with Gasteiger partial charge in [-0.1, -0.05) is 0 Å². The third kappa shape index (κ3) is 5.98. The van der Waals surface area contributed by atoms with Gasteiger partial charge in [-0.05, 0) is 39.0 Å². The Kier molecular flexibility index (Phi) is 5.70. The minimum Gasteiger partial charge on any atom is -0.508 e. The quantitative estimate of drug-likeness (QED) is 0.718. The lowest BCUT2D eigenvalue weighted by molar-refractivity contribution is -0.163. The smallest absolute Gasteiger partial charge is 0.412 e. The Labute approximate surface area is 136 Å². The number of phenols is 1. The summed E-state index contributed by atoms with van der Waals surface area (Å²) < 4.78 is 44.2. The Morgan fingerprint density at radius 1 is 1.25 bits per heavy atom. The molecule has 0 spiro atoms. The SMILES string of the molecule is CC(C)(C)OC(=O)Nc1ccc(O)c(C(CC(=O)O)C(F)(F)F)c1. The first-order valence-corrected chi connectivity index (χ1v) is 6.91. The van der Waals surface area contributed by atoms with E-state index in [1.165, 1.54) is 6.07 Å². The number of amides is 1. The van der Waals surface area contributed by atoms with E-state index in [0.29, 0.717) is 0 Å². The first-order valence-electron chi connectivity index (χ1n) is 6.91. The molecule has 0 bridgehead atoms. The number of carbonyl (C=O) groups excluding carboxylic acids is 1. The number of aliphatic carboxylic acids is 1. The molecule has 9 heteroatoms. The summed E-state index contributed by atoms with van der Waals surface area (Å²) in [5.41, 5.74) is -1.50. The number of benzene rings is 1. The number of nitrogens with one attached hydrogen (secondary N) is 1.